The lowest BCUT2D eigenvalue weighted by Crippen LogP contribution is -2.30. The number of fused-ring (bicyclic) bond motifs is 1. The Morgan fingerprint density at radius 1 is 0.909 bits per heavy atom. The van der Waals surface area contributed by atoms with Gasteiger partial charge in [-0.1, -0.05) is 52.7 Å². The molecule has 1 heterocycles. The van der Waals surface area contributed by atoms with Gasteiger partial charge in [-0.15, -0.1) is 11.3 Å². The first-order chi connectivity index (χ1) is 16.1. The largest absolute Gasteiger partial charge is 0.322 e. The maximum Gasteiger partial charge on any atom is 0.258 e. The number of rotatable bonds is 8. The molecule has 3 N–H and O–H groups in total. The number of nitrogens with one attached hydrogen (secondary N) is 3. The first kappa shape index (κ1) is 23.7. The summed E-state index contributed by atoms with van der Waals surface area (Å²) in [6.07, 6.45) is 6.06. The second kappa shape index (κ2) is 11.6. The van der Waals surface area contributed by atoms with Crippen molar-refractivity contribution in [2.75, 3.05) is 23.7 Å². The van der Waals surface area contributed by atoms with E-state index in [1.807, 2.05) is 42.5 Å². The third-order valence-corrected chi connectivity index (χ3v) is 7.46. The van der Waals surface area contributed by atoms with Crippen LogP contribution in [0.5, 0.6) is 0 Å². The molecule has 0 spiro atoms. The van der Waals surface area contributed by atoms with Crippen molar-refractivity contribution >= 4 is 49.8 Å². The third kappa shape index (κ3) is 6.53. The number of halogens is 1. The van der Waals surface area contributed by atoms with Gasteiger partial charge in [0, 0.05) is 15.0 Å². The fraction of sp³-hybridized carbons (Fsp3) is 0.308. The molecule has 172 valence electrons. The Balaban J connectivity index is 1.43. The lowest BCUT2D eigenvalue weighted by Gasteiger charge is -2.11. The second-order valence-corrected chi connectivity index (χ2v) is 10.2. The minimum Gasteiger partial charge on any atom is -0.322 e. The average Bonchev–Trinajstić information content (AvgIpc) is 2.99. The smallest absolute Gasteiger partial charge is 0.258 e. The van der Waals surface area contributed by atoms with E-state index in [-0.39, 0.29) is 18.4 Å². The topological polar surface area (TPSA) is 70.2 Å². The molecule has 33 heavy (non-hydrogen) atoms. The SMILES string of the molecule is O=C(CNCCc1ccccc1)Nc1sc2c(c1C(=O)Nc1ccc(Br)cc1)CCCCC2. The Labute approximate surface area is 207 Å². The molecule has 0 aliphatic heterocycles. The normalized spacial score (nSPS) is 13.1. The van der Waals surface area contributed by atoms with Crippen LogP contribution in [0.2, 0.25) is 0 Å². The van der Waals surface area contributed by atoms with Crippen LogP contribution in [-0.4, -0.2) is 24.9 Å². The molecule has 7 heteroatoms. The van der Waals surface area contributed by atoms with E-state index in [1.165, 1.54) is 16.9 Å². The van der Waals surface area contributed by atoms with E-state index in [0.717, 1.165) is 54.4 Å². The number of anilines is 2. The van der Waals surface area contributed by atoms with Gasteiger partial charge in [0.1, 0.15) is 5.00 Å². The highest BCUT2D eigenvalue weighted by atomic mass is 79.9. The maximum absolute atomic E-state index is 13.3. The van der Waals surface area contributed by atoms with Crippen molar-refractivity contribution in [3.05, 3.63) is 80.6 Å². The highest BCUT2D eigenvalue weighted by Gasteiger charge is 2.25. The predicted molar refractivity (Wildman–Crippen MR) is 139 cm³/mol. The monoisotopic (exact) mass is 525 g/mol. The van der Waals surface area contributed by atoms with Crippen LogP contribution in [0.15, 0.2) is 59.1 Å². The number of benzene rings is 2. The number of hydrogen-bond donors (Lipinski definition) is 3. The highest BCUT2D eigenvalue weighted by Crippen LogP contribution is 2.38. The summed E-state index contributed by atoms with van der Waals surface area (Å²) in [6, 6.07) is 17.7. The van der Waals surface area contributed by atoms with E-state index in [9.17, 15) is 9.59 Å². The minimum absolute atomic E-state index is 0.128. The fourth-order valence-electron chi connectivity index (χ4n) is 4.05. The van der Waals surface area contributed by atoms with E-state index < -0.39 is 0 Å². The first-order valence-electron chi connectivity index (χ1n) is 11.4. The molecule has 0 saturated carbocycles. The molecule has 1 aromatic heterocycles. The molecule has 0 saturated heterocycles. The van der Waals surface area contributed by atoms with Crippen molar-refractivity contribution in [2.24, 2.45) is 0 Å². The summed E-state index contributed by atoms with van der Waals surface area (Å²) < 4.78 is 0.956. The van der Waals surface area contributed by atoms with Crippen molar-refractivity contribution in [3.8, 4) is 0 Å². The van der Waals surface area contributed by atoms with E-state index in [2.05, 4.69) is 44.0 Å². The summed E-state index contributed by atoms with van der Waals surface area (Å²) >= 11 is 4.97. The van der Waals surface area contributed by atoms with Crippen molar-refractivity contribution in [2.45, 2.75) is 38.5 Å². The van der Waals surface area contributed by atoms with Crippen LogP contribution >= 0.6 is 27.3 Å². The number of aryl methyl sites for hydroxylation is 1. The van der Waals surface area contributed by atoms with Gasteiger partial charge in [-0.25, -0.2) is 0 Å². The zero-order valence-corrected chi connectivity index (χ0v) is 20.9. The number of carbonyl (C=O) groups excluding carboxylic acids is 2. The van der Waals surface area contributed by atoms with Crippen LogP contribution in [0.4, 0.5) is 10.7 Å². The van der Waals surface area contributed by atoms with Gasteiger partial charge in [0.2, 0.25) is 5.91 Å². The van der Waals surface area contributed by atoms with Crippen LogP contribution in [0, 0.1) is 0 Å². The molecule has 5 nitrogen and oxygen atoms in total. The highest BCUT2D eigenvalue weighted by molar-refractivity contribution is 9.10. The van der Waals surface area contributed by atoms with Crippen LogP contribution in [-0.2, 0) is 24.1 Å². The lowest BCUT2D eigenvalue weighted by molar-refractivity contribution is -0.115. The van der Waals surface area contributed by atoms with Crippen LogP contribution in [0.1, 0.15) is 45.6 Å². The lowest BCUT2D eigenvalue weighted by atomic mass is 10.0. The molecule has 1 aliphatic rings. The summed E-state index contributed by atoms with van der Waals surface area (Å²) in [5.41, 5.74) is 3.69. The Kier molecular flexibility index (Phi) is 8.31. The van der Waals surface area contributed by atoms with Crippen molar-refractivity contribution in [1.82, 2.24) is 5.32 Å². The second-order valence-electron chi connectivity index (χ2n) is 8.19. The van der Waals surface area contributed by atoms with Gasteiger partial charge in [-0.05, 0) is 74.0 Å². The van der Waals surface area contributed by atoms with Gasteiger partial charge < -0.3 is 16.0 Å². The maximum atomic E-state index is 13.3. The van der Waals surface area contributed by atoms with Crippen LogP contribution in [0.3, 0.4) is 0 Å². The summed E-state index contributed by atoms with van der Waals surface area (Å²) in [4.78, 5) is 27.2. The third-order valence-electron chi connectivity index (χ3n) is 5.72. The van der Waals surface area contributed by atoms with Gasteiger partial charge in [0.15, 0.2) is 0 Å². The van der Waals surface area contributed by atoms with Crippen LogP contribution < -0.4 is 16.0 Å². The van der Waals surface area contributed by atoms with E-state index in [1.54, 1.807) is 11.3 Å². The van der Waals surface area contributed by atoms with Gasteiger partial charge in [0.05, 0.1) is 12.1 Å². The molecule has 0 fully saturated rings. The molecule has 2 aromatic carbocycles. The number of hydrogen-bond acceptors (Lipinski definition) is 4. The Morgan fingerprint density at radius 2 is 1.67 bits per heavy atom. The minimum atomic E-state index is -0.163. The molecular weight excluding hydrogens is 498 g/mol. The predicted octanol–water partition coefficient (Wildman–Crippen LogP) is 5.80. The zero-order chi connectivity index (χ0) is 23.0. The molecular formula is C26H28BrN3O2S. The molecule has 3 aromatic rings. The summed E-state index contributed by atoms with van der Waals surface area (Å²) in [6.45, 7) is 0.929. The average molecular weight is 527 g/mol. The molecule has 4 rings (SSSR count). The molecule has 0 atom stereocenters. The summed E-state index contributed by atoms with van der Waals surface area (Å²) in [5, 5.41) is 9.88. The Bertz CT molecular complexity index is 1100. The standard InChI is InChI=1S/C26H28BrN3O2S/c27-19-11-13-20(14-12-19)29-25(32)24-21-9-5-2-6-10-22(21)33-26(24)30-23(31)17-28-16-15-18-7-3-1-4-8-18/h1,3-4,7-8,11-14,28H,2,5-6,9-10,15-17H2,(H,29,32)(H,30,31). The Morgan fingerprint density at radius 3 is 2.45 bits per heavy atom. The number of thiophene rings is 1. The van der Waals surface area contributed by atoms with Crippen molar-refractivity contribution in [1.29, 1.82) is 0 Å². The molecule has 2 amide bonds. The quantitative estimate of drug-likeness (QED) is 0.257. The van der Waals surface area contributed by atoms with Crippen LogP contribution in [0.25, 0.3) is 0 Å². The zero-order valence-electron chi connectivity index (χ0n) is 18.5. The van der Waals surface area contributed by atoms with Gasteiger partial charge in [-0.2, -0.15) is 0 Å². The van der Waals surface area contributed by atoms with E-state index in [0.29, 0.717) is 10.6 Å². The molecule has 1 aliphatic carbocycles. The fourth-order valence-corrected chi connectivity index (χ4v) is 5.62. The molecule has 0 radical (unpaired) electrons. The number of carbonyl (C=O) groups is 2. The molecule has 0 bridgehead atoms. The van der Waals surface area contributed by atoms with Gasteiger partial charge in [0.25, 0.3) is 5.91 Å². The van der Waals surface area contributed by atoms with E-state index in [4.69, 9.17) is 0 Å². The number of amides is 2. The Hall–Kier alpha value is -2.48. The summed E-state index contributed by atoms with van der Waals surface area (Å²) in [7, 11) is 0. The van der Waals surface area contributed by atoms with Crippen molar-refractivity contribution < 1.29 is 9.59 Å². The first-order valence-corrected chi connectivity index (χ1v) is 13.0. The van der Waals surface area contributed by atoms with E-state index >= 15 is 0 Å². The summed E-state index contributed by atoms with van der Waals surface area (Å²) in [5.74, 6) is -0.291. The van der Waals surface area contributed by atoms with Gasteiger partial charge in [-0.3, -0.25) is 9.59 Å². The van der Waals surface area contributed by atoms with Gasteiger partial charge >= 0.3 is 0 Å². The van der Waals surface area contributed by atoms with Crippen molar-refractivity contribution in [3.63, 3.8) is 0 Å². The molecule has 0 unspecified atom stereocenters.